The van der Waals surface area contributed by atoms with Gasteiger partial charge in [0, 0.05) is 28.5 Å². The summed E-state index contributed by atoms with van der Waals surface area (Å²) in [6, 6.07) is 13.3. The van der Waals surface area contributed by atoms with Gasteiger partial charge >= 0.3 is 0 Å². The minimum Gasteiger partial charge on any atom is -0.619 e. The molecule has 130 valence electrons. The van der Waals surface area contributed by atoms with Gasteiger partial charge in [0.25, 0.3) is 0 Å². The summed E-state index contributed by atoms with van der Waals surface area (Å²) in [5, 5.41) is 12.2. The van der Waals surface area contributed by atoms with Crippen LogP contribution in [0.3, 0.4) is 0 Å². The predicted molar refractivity (Wildman–Crippen MR) is 104 cm³/mol. The van der Waals surface area contributed by atoms with Crippen LogP contribution in [-0.2, 0) is 10.8 Å². The van der Waals surface area contributed by atoms with Crippen molar-refractivity contribution in [3.8, 4) is 21.7 Å². The highest BCUT2D eigenvalue weighted by Crippen LogP contribution is 2.33. The summed E-state index contributed by atoms with van der Waals surface area (Å²) < 4.78 is 14.0. The fourth-order valence-corrected chi connectivity index (χ4v) is 4.66. The molecule has 0 bridgehead atoms. The van der Waals surface area contributed by atoms with Gasteiger partial charge in [-0.3, -0.25) is 4.21 Å². The number of thiazole rings is 1. The van der Waals surface area contributed by atoms with Crippen molar-refractivity contribution >= 4 is 32.5 Å². The van der Waals surface area contributed by atoms with E-state index in [9.17, 15) is 9.42 Å². The average molecular weight is 381 g/mol. The van der Waals surface area contributed by atoms with Gasteiger partial charge in [0.2, 0.25) is 0 Å². The van der Waals surface area contributed by atoms with Gasteiger partial charge in [0.15, 0.2) is 18.0 Å². The van der Waals surface area contributed by atoms with Crippen LogP contribution in [0.2, 0.25) is 0 Å². The molecule has 0 saturated carbocycles. The van der Waals surface area contributed by atoms with Crippen molar-refractivity contribution in [2.24, 2.45) is 0 Å². The Kier molecular flexibility index (Phi) is 4.48. The molecule has 1 unspecified atom stereocenters. The van der Waals surface area contributed by atoms with Crippen LogP contribution in [0.1, 0.15) is 6.92 Å². The van der Waals surface area contributed by atoms with E-state index in [0.717, 1.165) is 36.0 Å². The molecule has 1 aromatic carbocycles. The van der Waals surface area contributed by atoms with Gasteiger partial charge < -0.3 is 5.21 Å². The van der Waals surface area contributed by atoms with Crippen LogP contribution in [-0.4, -0.2) is 19.9 Å². The number of nitrogens with zero attached hydrogens (tertiary/aromatic N) is 3. The molecule has 0 spiro atoms. The molecule has 7 heteroatoms. The maximum atomic E-state index is 12.3. The SMILES string of the molecule is CCS(=O)c1ccccc1-c1cnc2nc(-c3ccc[n+]([O-])c3)sc2c1. The molecule has 0 radical (unpaired) electrons. The lowest BCUT2D eigenvalue weighted by Crippen LogP contribution is -2.23. The topological polar surface area (TPSA) is 69.8 Å². The van der Waals surface area contributed by atoms with E-state index < -0.39 is 10.8 Å². The molecule has 0 aliphatic carbocycles. The monoisotopic (exact) mass is 381 g/mol. The summed E-state index contributed by atoms with van der Waals surface area (Å²) in [5.74, 6) is 0.570. The number of aromatic nitrogens is 3. The fraction of sp³-hybridized carbons (Fsp3) is 0.105. The summed E-state index contributed by atoms with van der Waals surface area (Å²) >= 11 is 1.49. The van der Waals surface area contributed by atoms with E-state index in [1.165, 1.54) is 23.7 Å². The summed E-state index contributed by atoms with van der Waals surface area (Å²) in [5.41, 5.74) is 3.25. The highest BCUT2D eigenvalue weighted by atomic mass is 32.2. The zero-order valence-electron chi connectivity index (χ0n) is 14.0. The first-order valence-electron chi connectivity index (χ1n) is 8.09. The number of hydrogen-bond donors (Lipinski definition) is 0. The van der Waals surface area contributed by atoms with E-state index in [1.807, 2.05) is 43.3 Å². The van der Waals surface area contributed by atoms with Crippen LogP contribution in [0, 0.1) is 5.21 Å². The Labute approximate surface area is 157 Å². The molecule has 26 heavy (non-hydrogen) atoms. The Balaban J connectivity index is 1.81. The van der Waals surface area contributed by atoms with Gasteiger partial charge in [0.05, 0.1) is 21.1 Å². The summed E-state index contributed by atoms with van der Waals surface area (Å²) in [7, 11) is -1.04. The number of benzene rings is 1. The normalized spacial score (nSPS) is 12.3. The second-order valence-corrected chi connectivity index (χ2v) is 8.39. The van der Waals surface area contributed by atoms with Crippen molar-refractivity contribution in [3.05, 3.63) is 66.3 Å². The van der Waals surface area contributed by atoms with E-state index in [0.29, 0.717) is 11.4 Å². The molecule has 3 heterocycles. The molecule has 0 fully saturated rings. The molecule has 4 rings (SSSR count). The second-order valence-electron chi connectivity index (χ2n) is 5.65. The minimum atomic E-state index is -1.04. The lowest BCUT2D eigenvalue weighted by molar-refractivity contribution is -0.604. The third-order valence-corrected chi connectivity index (χ3v) is 6.39. The van der Waals surface area contributed by atoms with Crippen LogP contribution in [0.5, 0.6) is 0 Å². The Bertz CT molecular complexity index is 1120. The van der Waals surface area contributed by atoms with E-state index in [1.54, 1.807) is 12.3 Å². The van der Waals surface area contributed by atoms with Crippen molar-refractivity contribution in [2.75, 3.05) is 5.75 Å². The molecular formula is C19H15N3O2S2. The van der Waals surface area contributed by atoms with E-state index in [2.05, 4.69) is 9.97 Å². The zero-order chi connectivity index (χ0) is 18.1. The number of pyridine rings is 2. The third kappa shape index (κ3) is 3.11. The molecule has 0 saturated heterocycles. The van der Waals surface area contributed by atoms with Crippen LogP contribution < -0.4 is 4.73 Å². The standard InChI is InChI=1S/C19H15N3O2S2/c1-2-26(24)17-8-4-3-7-15(17)14-10-16-18(20-11-14)21-19(25-16)13-6-5-9-22(23)12-13/h3-12H,2H2,1H3. The van der Waals surface area contributed by atoms with Crippen LogP contribution in [0.15, 0.2) is 66.0 Å². The average Bonchev–Trinajstić information content (AvgIpc) is 3.11. The third-order valence-electron chi connectivity index (χ3n) is 3.97. The summed E-state index contributed by atoms with van der Waals surface area (Å²) in [4.78, 5) is 9.81. The lowest BCUT2D eigenvalue weighted by Gasteiger charge is -2.08. The van der Waals surface area contributed by atoms with Crippen molar-refractivity contribution in [1.82, 2.24) is 9.97 Å². The smallest absolute Gasteiger partial charge is 0.190 e. The van der Waals surface area contributed by atoms with Gasteiger partial charge in [-0.2, -0.15) is 4.73 Å². The zero-order valence-corrected chi connectivity index (χ0v) is 15.6. The molecular weight excluding hydrogens is 366 g/mol. The van der Waals surface area contributed by atoms with Crippen molar-refractivity contribution in [1.29, 1.82) is 0 Å². The first-order chi connectivity index (χ1) is 12.7. The van der Waals surface area contributed by atoms with E-state index >= 15 is 0 Å². The molecule has 0 aliphatic heterocycles. The van der Waals surface area contributed by atoms with Gasteiger partial charge in [-0.05, 0) is 23.8 Å². The fourth-order valence-electron chi connectivity index (χ4n) is 2.73. The Morgan fingerprint density at radius 2 is 2.04 bits per heavy atom. The summed E-state index contributed by atoms with van der Waals surface area (Å²) in [6.07, 6.45) is 4.70. The van der Waals surface area contributed by atoms with E-state index in [-0.39, 0.29) is 0 Å². The van der Waals surface area contributed by atoms with Gasteiger partial charge in [-0.1, -0.05) is 25.1 Å². The highest BCUT2D eigenvalue weighted by molar-refractivity contribution is 7.85. The van der Waals surface area contributed by atoms with Crippen LogP contribution in [0.4, 0.5) is 0 Å². The Morgan fingerprint density at radius 3 is 2.85 bits per heavy atom. The number of hydrogen-bond acceptors (Lipinski definition) is 5. The van der Waals surface area contributed by atoms with Crippen LogP contribution >= 0.6 is 11.3 Å². The van der Waals surface area contributed by atoms with Crippen LogP contribution in [0.25, 0.3) is 32.0 Å². The predicted octanol–water partition coefficient (Wildman–Crippen LogP) is 3.79. The molecule has 0 aliphatic rings. The van der Waals surface area contributed by atoms with Crippen molar-refractivity contribution < 1.29 is 8.94 Å². The molecule has 1 atom stereocenters. The van der Waals surface area contributed by atoms with Crippen molar-refractivity contribution in [3.63, 3.8) is 0 Å². The first kappa shape index (κ1) is 16.8. The maximum absolute atomic E-state index is 12.3. The first-order valence-corrected chi connectivity index (χ1v) is 10.2. The Hall–Kier alpha value is -2.64. The van der Waals surface area contributed by atoms with E-state index in [4.69, 9.17) is 0 Å². The second kappa shape index (κ2) is 6.93. The van der Waals surface area contributed by atoms with Gasteiger partial charge in [0.1, 0.15) is 5.01 Å². The number of rotatable bonds is 4. The number of fused-ring (bicyclic) bond motifs is 1. The quantitative estimate of drug-likeness (QED) is 0.398. The molecule has 5 nitrogen and oxygen atoms in total. The lowest BCUT2D eigenvalue weighted by atomic mass is 10.1. The van der Waals surface area contributed by atoms with Gasteiger partial charge in [-0.15, -0.1) is 11.3 Å². The summed E-state index contributed by atoms with van der Waals surface area (Å²) in [6.45, 7) is 1.91. The highest BCUT2D eigenvalue weighted by Gasteiger charge is 2.13. The van der Waals surface area contributed by atoms with Crippen molar-refractivity contribution in [2.45, 2.75) is 11.8 Å². The molecule has 0 N–H and O–H groups in total. The largest absolute Gasteiger partial charge is 0.619 e. The maximum Gasteiger partial charge on any atom is 0.190 e. The molecule has 0 amide bonds. The Morgan fingerprint density at radius 1 is 1.19 bits per heavy atom. The molecule has 3 aromatic heterocycles. The van der Waals surface area contributed by atoms with Gasteiger partial charge in [-0.25, -0.2) is 9.97 Å². The molecule has 4 aromatic rings. The minimum absolute atomic E-state index is 0.570.